The summed E-state index contributed by atoms with van der Waals surface area (Å²) in [5.74, 6) is 0.455. The molecule has 0 aliphatic carbocycles. The van der Waals surface area contributed by atoms with Gasteiger partial charge in [-0.15, -0.1) is 0 Å². The highest BCUT2D eigenvalue weighted by atomic mass is 16.5. The first kappa shape index (κ1) is 28.6. The summed E-state index contributed by atoms with van der Waals surface area (Å²) in [5.41, 5.74) is 3.21. The van der Waals surface area contributed by atoms with Crippen molar-refractivity contribution in [3.05, 3.63) is 108 Å². The number of aliphatic hydroxyl groups is 1. The van der Waals surface area contributed by atoms with E-state index in [0.717, 1.165) is 11.1 Å². The van der Waals surface area contributed by atoms with Gasteiger partial charge in [-0.3, -0.25) is 9.59 Å². The molecular weight excluding hydrogens is 480 g/mol. The fraction of sp³-hybridized carbons (Fsp3) is 0.290. The number of nitrogens with one attached hydrogen (secondary N) is 1. The van der Waals surface area contributed by atoms with Crippen molar-refractivity contribution < 1.29 is 24.2 Å². The van der Waals surface area contributed by atoms with Gasteiger partial charge in [-0.1, -0.05) is 61.5 Å². The van der Waals surface area contributed by atoms with Gasteiger partial charge in [-0.25, -0.2) is 0 Å². The van der Waals surface area contributed by atoms with Crippen molar-refractivity contribution in [1.82, 2.24) is 4.90 Å². The minimum atomic E-state index is -0.217. The van der Waals surface area contributed by atoms with Crippen molar-refractivity contribution in [2.45, 2.75) is 26.0 Å². The summed E-state index contributed by atoms with van der Waals surface area (Å²) in [6.07, 6.45) is 3.86. The summed E-state index contributed by atoms with van der Waals surface area (Å²) in [6, 6.07) is 24.2. The predicted molar refractivity (Wildman–Crippen MR) is 149 cm³/mol. The van der Waals surface area contributed by atoms with E-state index in [9.17, 15) is 14.7 Å². The van der Waals surface area contributed by atoms with E-state index in [-0.39, 0.29) is 36.9 Å². The van der Waals surface area contributed by atoms with Crippen molar-refractivity contribution in [3.8, 4) is 5.75 Å². The Bertz CT molecular complexity index is 1180. The zero-order valence-corrected chi connectivity index (χ0v) is 22.2. The molecule has 0 heterocycles. The number of methoxy groups -OCH3 is 2. The molecule has 3 aromatic carbocycles. The molecule has 0 aliphatic heterocycles. The van der Waals surface area contributed by atoms with Crippen LogP contribution in [0.5, 0.6) is 5.75 Å². The second-order valence-electron chi connectivity index (χ2n) is 8.98. The highest BCUT2D eigenvalue weighted by Gasteiger charge is 2.18. The first-order valence-electron chi connectivity index (χ1n) is 12.6. The van der Waals surface area contributed by atoms with Crippen LogP contribution in [0, 0.1) is 5.92 Å². The Balaban J connectivity index is 1.57. The molecular formula is C31H36N2O5. The Morgan fingerprint density at radius 2 is 1.66 bits per heavy atom. The standard InChI is InChI=1S/C31H36N2O5/c1-23(8-7-11-29(35)33(20-21-34)22-24-9-5-4-6-10-24)30(38-3)25-12-16-27(17-13-25)32-31(36)26-14-18-28(37-2)19-15-26/h4-10,12-19,23,30,34H,11,20-22H2,1-3H3,(H,32,36)/b8-7+/t23-,30+/m1/s1. The van der Waals surface area contributed by atoms with E-state index >= 15 is 0 Å². The van der Waals surface area contributed by atoms with Gasteiger partial charge in [-0.2, -0.15) is 0 Å². The molecule has 2 amide bonds. The van der Waals surface area contributed by atoms with Gasteiger partial charge in [0.2, 0.25) is 5.91 Å². The lowest BCUT2D eigenvalue weighted by atomic mass is 9.96. The first-order chi connectivity index (χ1) is 18.4. The maximum atomic E-state index is 12.8. The zero-order chi connectivity index (χ0) is 27.3. The second-order valence-corrected chi connectivity index (χ2v) is 8.98. The van der Waals surface area contributed by atoms with E-state index in [1.54, 1.807) is 43.4 Å². The number of ether oxygens (including phenoxy) is 2. The fourth-order valence-corrected chi connectivity index (χ4v) is 4.19. The molecule has 0 fully saturated rings. The molecule has 0 bridgehead atoms. The lowest BCUT2D eigenvalue weighted by molar-refractivity contribution is -0.131. The minimum Gasteiger partial charge on any atom is -0.497 e. The molecule has 0 saturated heterocycles. The predicted octanol–water partition coefficient (Wildman–Crippen LogP) is 5.24. The van der Waals surface area contributed by atoms with Crippen LogP contribution >= 0.6 is 0 Å². The highest BCUT2D eigenvalue weighted by molar-refractivity contribution is 6.04. The Morgan fingerprint density at radius 3 is 2.26 bits per heavy atom. The summed E-state index contributed by atoms with van der Waals surface area (Å²) in [6.45, 7) is 2.70. The van der Waals surface area contributed by atoms with Crippen molar-refractivity contribution in [1.29, 1.82) is 0 Å². The molecule has 7 nitrogen and oxygen atoms in total. The van der Waals surface area contributed by atoms with E-state index in [1.807, 2.05) is 73.7 Å². The third-order valence-electron chi connectivity index (χ3n) is 6.25. The van der Waals surface area contributed by atoms with Gasteiger partial charge >= 0.3 is 0 Å². The van der Waals surface area contributed by atoms with Gasteiger partial charge < -0.3 is 24.8 Å². The summed E-state index contributed by atoms with van der Waals surface area (Å²) in [4.78, 5) is 27.0. The van der Waals surface area contributed by atoms with Crippen molar-refractivity contribution in [2.75, 3.05) is 32.7 Å². The Hall–Kier alpha value is -3.94. The van der Waals surface area contributed by atoms with Crippen molar-refractivity contribution in [3.63, 3.8) is 0 Å². The molecule has 2 N–H and O–H groups in total. The number of nitrogens with zero attached hydrogens (tertiary/aromatic N) is 1. The molecule has 0 aromatic heterocycles. The molecule has 2 atom stereocenters. The van der Waals surface area contributed by atoms with Crippen LogP contribution in [0.15, 0.2) is 91.0 Å². The Kier molecular flexibility index (Phi) is 11.1. The molecule has 3 rings (SSSR count). The average Bonchev–Trinajstić information content (AvgIpc) is 2.94. The van der Waals surface area contributed by atoms with Crippen LogP contribution in [0.2, 0.25) is 0 Å². The summed E-state index contributed by atoms with van der Waals surface area (Å²) in [5, 5.41) is 12.3. The van der Waals surface area contributed by atoms with E-state index < -0.39 is 0 Å². The van der Waals surface area contributed by atoms with Crippen LogP contribution < -0.4 is 10.1 Å². The maximum Gasteiger partial charge on any atom is 0.255 e. The number of benzene rings is 3. The normalized spacial score (nSPS) is 12.6. The van der Waals surface area contributed by atoms with Gasteiger partial charge in [-0.05, 0) is 47.5 Å². The number of amides is 2. The number of anilines is 1. The van der Waals surface area contributed by atoms with Crippen LogP contribution in [0.25, 0.3) is 0 Å². The zero-order valence-electron chi connectivity index (χ0n) is 22.2. The van der Waals surface area contributed by atoms with Gasteiger partial charge in [0, 0.05) is 43.8 Å². The summed E-state index contributed by atoms with van der Waals surface area (Å²) in [7, 11) is 3.24. The largest absolute Gasteiger partial charge is 0.497 e. The number of hydrogen-bond acceptors (Lipinski definition) is 5. The van der Waals surface area contributed by atoms with Crippen molar-refractivity contribution in [2.24, 2.45) is 5.92 Å². The quantitative estimate of drug-likeness (QED) is 0.304. The van der Waals surface area contributed by atoms with Crippen LogP contribution in [-0.4, -0.2) is 49.2 Å². The highest BCUT2D eigenvalue weighted by Crippen LogP contribution is 2.28. The van der Waals surface area contributed by atoms with Gasteiger partial charge in [0.1, 0.15) is 5.75 Å². The van der Waals surface area contributed by atoms with E-state index in [2.05, 4.69) is 5.32 Å². The number of hydrogen-bond donors (Lipinski definition) is 2. The lowest BCUT2D eigenvalue weighted by Crippen LogP contribution is -2.32. The molecule has 38 heavy (non-hydrogen) atoms. The number of aliphatic hydroxyl groups excluding tert-OH is 1. The molecule has 0 saturated carbocycles. The summed E-state index contributed by atoms with van der Waals surface area (Å²) >= 11 is 0. The minimum absolute atomic E-state index is 0.00737. The number of carbonyl (C=O) groups excluding carboxylic acids is 2. The van der Waals surface area contributed by atoms with Crippen LogP contribution in [0.3, 0.4) is 0 Å². The monoisotopic (exact) mass is 516 g/mol. The third-order valence-corrected chi connectivity index (χ3v) is 6.25. The molecule has 3 aromatic rings. The number of rotatable bonds is 13. The number of carbonyl (C=O) groups is 2. The fourth-order valence-electron chi connectivity index (χ4n) is 4.19. The van der Waals surface area contributed by atoms with Crippen LogP contribution in [0.4, 0.5) is 5.69 Å². The molecule has 0 radical (unpaired) electrons. The van der Waals surface area contributed by atoms with Gasteiger partial charge in [0.25, 0.3) is 5.91 Å². The van der Waals surface area contributed by atoms with E-state index in [1.165, 1.54) is 0 Å². The first-order valence-corrected chi connectivity index (χ1v) is 12.6. The Labute approximate surface area is 224 Å². The van der Waals surface area contributed by atoms with Gasteiger partial charge in [0.05, 0.1) is 19.8 Å². The molecule has 0 spiro atoms. The SMILES string of the molecule is COc1ccc(C(=O)Nc2ccc([C@@H](OC)[C@H](C)/C=C/CC(=O)N(CCO)Cc3ccccc3)cc2)cc1. The van der Waals surface area contributed by atoms with E-state index in [0.29, 0.717) is 30.1 Å². The van der Waals surface area contributed by atoms with Crippen molar-refractivity contribution >= 4 is 17.5 Å². The third kappa shape index (κ3) is 8.30. The smallest absolute Gasteiger partial charge is 0.255 e. The van der Waals surface area contributed by atoms with Crippen LogP contribution in [0.1, 0.15) is 40.9 Å². The maximum absolute atomic E-state index is 12.8. The lowest BCUT2D eigenvalue weighted by Gasteiger charge is -2.22. The summed E-state index contributed by atoms with van der Waals surface area (Å²) < 4.78 is 10.9. The molecule has 200 valence electrons. The van der Waals surface area contributed by atoms with Crippen LogP contribution in [-0.2, 0) is 16.1 Å². The Morgan fingerprint density at radius 1 is 0.974 bits per heavy atom. The van der Waals surface area contributed by atoms with E-state index in [4.69, 9.17) is 9.47 Å². The molecule has 0 unspecified atom stereocenters. The topological polar surface area (TPSA) is 88.1 Å². The molecule has 0 aliphatic rings. The molecule has 7 heteroatoms. The average molecular weight is 517 g/mol. The van der Waals surface area contributed by atoms with Gasteiger partial charge in [0.15, 0.2) is 0 Å². The second kappa shape index (κ2) is 14.7.